The van der Waals surface area contributed by atoms with Crippen LogP contribution in [0.2, 0.25) is 0 Å². The average Bonchev–Trinajstić information content (AvgIpc) is 2.46. The molecule has 0 saturated carbocycles. The van der Waals surface area contributed by atoms with Crippen LogP contribution < -0.4 is 5.32 Å². The lowest BCUT2D eigenvalue weighted by Crippen LogP contribution is -2.17. The van der Waals surface area contributed by atoms with E-state index in [1.807, 2.05) is 42.1 Å². The van der Waals surface area contributed by atoms with E-state index in [1.165, 1.54) is 0 Å². The summed E-state index contributed by atoms with van der Waals surface area (Å²) in [6, 6.07) is 12.2. The van der Waals surface area contributed by atoms with E-state index in [2.05, 4.69) is 30.2 Å². The van der Waals surface area contributed by atoms with Crippen LogP contribution >= 0.6 is 11.8 Å². The second kappa shape index (κ2) is 7.16. The number of hydrogen-bond acceptors (Lipinski definition) is 4. The van der Waals surface area contributed by atoms with Crippen LogP contribution in [0.25, 0.3) is 10.9 Å². The maximum absolute atomic E-state index is 9.26. The van der Waals surface area contributed by atoms with Crippen molar-refractivity contribution in [2.75, 3.05) is 16.8 Å². The molecule has 20 heavy (non-hydrogen) atoms. The Labute approximate surface area is 124 Å². The van der Waals surface area contributed by atoms with Gasteiger partial charge >= 0.3 is 0 Å². The van der Waals surface area contributed by atoms with Crippen LogP contribution in [0, 0.1) is 11.3 Å². The predicted molar refractivity (Wildman–Crippen MR) is 87.2 cm³/mol. The van der Waals surface area contributed by atoms with Crippen molar-refractivity contribution >= 4 is 28.5 Å². The molecule has 0 aliphatic carbocycles. The highest BCUT2D eigenvalue weighted by Crippen LogP contribution is 2.20. The zero-order valence-corrected chi connectivity index (χ0v) is 12.7. The molecule has 4 heteroatoms. The van der Waals surface area contributed by atoms with E-state index in [-0.39, 0.29) is 0 Å². The Hall–Kier alpha value is -1.73. The van der Waals surface area contributed by atoms with Crippen molar-refractivity contribution in [2.24, 2.45) is 0 Å². The molecule has 0 aliphatic rings. The zero-order valence-electron chi connectivity index (χ0n) is 11.9. The Morgan fingerprint density at radius 2 is 2.20 bits per heavy atom. The lowest BCUT2D eigenvalue weighted by Gasteiger charge is -2.15. The minimum Gasteiger partial charge on any atom is -0.368 e. The minimum atomic E-state index is 0.356. The van der Waals surface area contributed by atoms with Gasteiger partial charge in [0.2, 0.25) is 0 Å². The van der Waals surface area contributed by atoms with Crippen molar-refractivity contribution in [3.05, 3.63) is 35.9 Å². The number of nitrogens with zero attached hydrogens (tertiary/aromatic N) is 2. The summed E-state index contributed by atoms with van der Waals surface area (Å²) in [6.07, 6.45) is 1.09. The molecule has 2 rings (SSSR count). The molecule has 1 unspecified atom stereocenters. The highest BCUT2D eigenvalue weighted by Gasteiger charge is 2.07. The molecule has 1 N–H and O–H groups in total. The minimum absolute atomic E-state index is 0.356. The molecule has 0 amide bonds. The van der Waals surface area contributed by atoms with E-state index in [0.29, 0.717) is 11.6 Å². The molecule has 1 aromatic heterocycles. The second-order valence-corrected chi connectivity index (χ2v) is 6.11. The molecule has 3 nitrogen and oxygen atoms in total. The highest BCUT2D eigenvalue weighted by atomic mass is 32.2. The zero-order chi connectivity index (χ0) is 14.4. The number of rotatable bonds is 6. The maximum atomic E-state index is 9.26. The lowest BCUT2D eigenvalue weighted by atomic mass is 10.1. The maximum Gasteiger partial charge on any atom is 0.128 e. The summed E-state index contributed by atoms with van der Waals surface area (Å²) >= 11 is 1.94. The van der Waals surface area contributed by atoms with E-state index < -0.39 is 0 Å². The van der Waals surface area contributed by atoms with Gasteiger partial charge in [0.1, 0.15) is 5.82 Å². The first kappa shape index (κ1) is 14.7. The Balaban J connectivity index is 2.16. The van der Waals surface area contributed by atoms with Gasteiger partial charge in [-0.15, -0.1) is 0 Å². The Morgan fingerprint density at radius 1 is 1.40 bits per heavy atom. The molecule has 104 valence electrons. The Bertz CT molecular complexity index is 619. The molecule has 2 aromatic rings. The monoisotopic (exact) mass is 285 g/mol. The summed E-state index contributed by atoms with van der Waals surface area (Å²) in [7, 11) is 0. The molecular weight excluding hydrogens is 266 g/mol. The van der Waals surface area contributed by atoms with Crippen LogP contribution in [-0.2, 0) is 0 Å². The third-order valence-electron chi connectivity index (χ3n) is 3.13. The number of benzene rings is 1. The molecule has 0 spiro atoms. The quantitative estimate of drug-likeness (QED) is 0.813. The molecule has 1 aromatic carbocycles. The van der Waals surface area contributed by atoms with Crippen molar-refractivity contribution in [1.29, 1.82) is 5.26 Å². The normalized spacial score (nSPS) is 12.1. The summed E-state index contributed by atoms with van der Waals surface area (Å²) in [5.41, 5.74) is 1.54. The van der Waals surface area contributed by atoms with Gasteiger partial charge in [0.25, 0.3) is 0 Å². The van der Waals surface area contributed by atoms with Gasteiger partial charge in [0.15, 0.2) is 0 Å². The van der Waals surface area contributed by atoms with Gasteiger partial charge in [-0.05, 0) is 37.0 Å². The number of nitrogens with one attached hydrogen (secondary N) is 1. The van der Waals surface area contributed by atoms with Crippen LogP contribution in [0.4, 0.5) is 5.82 Å². The first-order chi connectivity index (χ1) is 9.74. The second-order valence-electron chi connectivity index (χ2n) is 4.71. The average molecular weight is 285 g/mol. The number of aromatic nitrogens is 1. The van der Waals surface area contributed by atoms with Crippen molar-refractivity contribution < 1.29 is 0 Å². The number of anilines is 1. The molecular formula is C16H19N3S. The van der Waals surface area contributed by atoms with E-state index in [9.17, 15) is 5.26 Å². The first-order valence-electron chi connectivity index (χ1n) is 6.88. The van der Waals surface area contributed by atoms with Crippen molar-refractivity contribution in [1.82, 2.24) is 4.98 Å². The fourth-order valence-corrected chi connectivity index (χ4v) is 2.88. The van der Waals surface area contributed by atoms with Crippen molar-refractivity contribution in [2.45, 2.75) is 26.3 Å². The number of fused-ring (bicyclic) bond motifs is 1. The third-order valence-corrected chi connectivity index (χ3v) is 4.06. The Kier molecular flexibility index (Phi) is 5.25. The summed E-state index contributed by atoms with van der Waals surface area (Å²) < 4.78 is 0. The molecule has 0 saturated heterocycles. The topological polar surface area (TPSA) is 48.7 Å². The standard InChI is InChI=1S/C16H19N3S/c1-3-20-9-8-12(2)18-16-10-13(11-17)14-6-4-5-7-15(14)19-16/h4-7,10,12H,3,8-9H2,1-2H3,(H,18,19). The molecule has 0 aliphatic heterocycles. The number of para-hydroxylation sites is 1. The van der Waals surface area contributed by atoms with Gasteiger partial charge in [-0.25, -0.2) is 4.98 Å². The van der Waals surface area contributed by atoms with Gasteiger partial charge in [0, 0.05) is 11.4 Å². The lowest BCUT2D eigenvalue weighted by molar-refractivity contribution is 0.767. The van der Waals surface area contributed by atoms with E-state index in [4.69, 9.17) is 0 Å². The van der Waals surface area contributed by atoms with Crippen LogP contribution in [0.1, 0.15) is 25.8 Å². The summed E-state index contributed by atoms with van der Waals surface area (Å²) in [5, 5.41) is 13.6. The molecule has 0 bridgehead atoms. The first-order valence-corrected chi connectivity index (χ1v) is 8.04. The van der Waals surface area contributed by atoms with E-state index in [0.717, 1.165) is 34.6 Å². The van der Waals surface area contributed by atoms with Crippen molar-refractivity contribution in [3.8, 4) is 6.07 Å². The summed E-state index contributed by atoms with van der Waals surface area (Å²) in [6.45, 7) is 4.33. The predicted octanol–water partition coefficient (Wildman–Crippen LogP) is 4.05. The summed E-state index contributed by atoms with van der Waals surface area (Å²) in [4.78, 5) is 4.58. The fourth-order valence-electron chi connectivity index (χ4n) is 2.07. The van der Waals surface area contributed by atoms with Crippen LogP contribution in [0.15, 0.2) is 30.3 Å². The molecule has 1 atom stereocenters. The number of nitriles is 1. The largest absolute Gasteiger partial charge is 0.368 e. The van der Waals surface area contributed by atoms with Gasteiger partial charge in [0.05, 0.1) is 17.1 Å². The number of pyridine rings is 1. The summed E-state index contributed by atoms with van der Waals surface area (Å²) in [5.74, 6) is 3.08. The number of thioether (sulfide) groups is 1. The van der Waals surface area contributed by atoms with Gasteiger partial charge in [-0.3, -0.25) is 0 Å². The van der Waals surface area contributed by atoms with Gasteiger partial charge in [-0.1, -0.05) is 25.1 Å². The van der Waals surface area contributed by atoms with Crippen LogP contribution in [0.5, 0.6) is 0 Å². The Morgan fingerprint density at radius 3 is 2.95 bits per heavy atom. The van der Waals surface area contributed by atoms with Crippen LogP contribution in [-0.4, -0.2) is 22.5 Å². The fraction of sp³-hybridized carbons (Fsp3) is 0.375. The van der Waals surface area contributed by atoms with Crippen LogP contribution in [0.3, 0.4) is 0 Å². The highest BCUT2D eigenvalue weighted by molar-refractivity contribution is 7.99. The van der Waals surface area contributed by atoms with E-state index >= 15 is 0 Å². The van der Waals surface area contributed by atoms with Gasteiger partial charge < -0.3 is 5.32 Å². The third kappa shape index (κ3) is 3.64. The molecule has 0 radical (unpaired) electrons. The smallest absolute Gasteiger partial charge is 0.128 e. The van der Waals surface area contributed by atoms with Crippen molar-refractivity contribution in [3.63, 3.8) is 0 Å². The van der Waals surface area contributed by atoms with E-state index in [1.54, 1.807) is 0 Å². The van der Waals surface area contributed by atoms with Gasteiger partial charge in [-0.2, -0.15) is 17.0 Å². The molecule has 1 heterocycles. The molecule has 0 fully saturated rings. The SMILES string of the molecule is CCSCCC(C)Nc1cc(C#N)c2ccccc2n1. The number of hydrogen-bond donors (Lipinski definition) is 1.